The summed E-state index contributed by atoms with van der Waals surface area (Å²) >= 11 is 1.16. The normalized spacial score (nSPS) is 11.6. The van der Waals surface area contributed by atoms with Gasteiger partial charge in [0.1, 0.15) is 23.7 Å². The van der Waals surface area contributed by atoms with Crippen LogP contribution in [0.15, 0.2) is 52.8 Å². The lowest BCUT2D eigenvalue weighted by atomic mass is 10.1. The van der Waals surface area contributed by atoms with Crippen molar-refractivity contribution >= 4 is 29.1 Å². The van der Waals surface area contributed by atoms with Crippen molar-refractivity contribution in [1.82, 2.24) is 9.88 Å². The van der Waals surface area contributed by atoms with E-state index in [-0.39, 0.29) is 36.8 Å². The predicted molar refractivity (Wildman–Crippen MR) is 143 cm³/mol. The number of benzene rings is 2. The van der Waals surface area contributed by atoms with Crippen molar-refractivity contribution < 1.29 is 46.5 Å². The molecule has 10 nitrogen and oxygen atoms in total. The number of hydrogen-bond donors (Lipinski definition) is 1. The lowest BCUT2D eigenvalue weighted by Gasteiger charge is -2.12. The molecule has 0 radical (unpaired) electrons. The van der Waals surface area contributed by atoms with Gasteiger partial charge in [-0.1, -0.05) is 0 Å². The maximum Gasteiger partial charge on any atom is 0.573 e. The summed E-state index contributed by atoms with van der Waals surface area (Å²) < 4.78 is 58.7. The topological polar surface area (TPSA) is 117 Å². The minimum atomic E-state index is -4.82. The quantitative estimate of drug-likeness (QED) is 0.188. The van der Waals surface area contributed by atoms with Crippen molar-refractivity contribution in [2.24, 2.45) is 4.99 Å². The van der Waals surface area contributed by atoms with Crippen LogP contribution in [0, 0.1) is 0 Å². The zero-order valence-corrected chi connectivity index (χ0v) is 23.3. The van der Waals surface area contributed by atoms with Gasteiger partial charge >= 0.3 is 12.3 Å². The number of nitrogens with zero attached hydrogens (tertiary/aromatic N) is 2. The van der Waals surface area contributed by atoms with Crippen LogP contribution in [-0.4, -0.2) is 56.1 Å². The lowest BCUT2D eigenvalue weighted by molar-refractivity contribution is -0.274. The molecule has 3 aromatic rings. The van der Waals surface area contributed by atoms with E-state index >= 15 is 0 Å². The number of alkyl halides is 3. The highest BCUT2D eigenvalue weighted by molar-refractivity contribution is 7.07. The van der Waals surface area contributed by atoms with Crippen LogP contribution in [-0.2, 0) is 20.9 Å². The number of aromatic nitrogens is 1. The molecule has 41 heavy (non-hydrogen) atoms. The van der Waals surface area contributed by atoms with E-state index in [1.54, 1.807) is 29.0 Å². The highest BCUT2D eigenvalue weighted by Crippen LogP contribution is 2.28. The summed E-state index contributed by atoms with van der Waals surface area (Å²) in [5.41, 5.74) is 1.34. The van der Waals surface area contributed by atoms with Crippen molar-refractivity contribution in [3.8, 4) is 28.5 Å². The first kappa shape index (κ1) is 31.2. The van der Waals surface area contributed by atoms with Crippen LogP contribution < -0.4 is 24.3 Å². The molecule has 2 amide bonds. The smallest absolute Gasteiger partial charge is 0.497 e. The van der Waals surface area contributed by atoms with Gasteiger partial charge in [0.2, 0.25) is 5.91 Å². The Kier molecular flexibility index (Phi) is 10.9. The zero-order chi connectivity index (χ0) is 30.0. The van der Waals surface area contributed by atoms with Gasteiger partial charge < -0.3 is 28.8 Å². The first-order valence-corrected chi connectivity index (χ1v) is 13.2. The molecule has 0 spiro atoms. The van der Waals surface area contributed by atoms with Gasteiger partial charge in [-0.3, -0.25) is 14.4 Å². The van der Waals surface area contributed by atoms with E-state index in [2.05, 4.69) is 15.0 Å². The second-order valence-corrected chi connectivity index (χ2v) is 9.13. The van der Waals surface area contributed by atoms with Gasteiger partial charge in [0, 0.05) is 24.5 Å². The van der Waals surface area contributed by atoms with Crippen LogP contribution in [0.4, 0.5) is 13.2 Å². The third kappa shape index (κ3) is 9.10. The number of methoxy groups -OCH3 is 2. The van der Waals surface area contributed by atoms with E-state index in [0.29, 0.717) is 28.2 Å². The standard InChI is InChI=1S/C27H28F3N3O7S/c1-4-39-24(35)15-23(34)31-12-5-13-33-21(17-6-8-18(9-7-17)40-27(28,29)30)16-41-26(33)32-25(36)20-11-10-19(37-2)14-22(20)38-3/h6-11,14,16H,4-5,12-13,15H2,1-3H3,(H,31,34)/b32-26-. The molecule has 0 aliphatic rings. The van der Waals surface area contributed by atoms with Gasteiger partial charge in [-0.15, -0.1) is 24.5 Å². The molecule has 2 aromatic carbocycles. The Hall–Kier alpha value is -4.33. The van der Waals surface area contributed by atoms with Crippen molar-refractivity contribution in [3.05, 3.63) is 58.2 Å². The number of esters is 1. The van der Waals surface area contributed by atoms with E-state index in [1.807, 2.05) is 0 Å². The lowest BCUT2D eigenvalue weighted by Crippen LogP contribution is -2.29. The van der Waals surface area contributed by atoms with Gasteiger partial charge in [0.05, 0.1) is 32.1 Å². The number of carbonyl (C=O) groups is 3. The summed E-state index contributed by atoms with van der Waals surface area (Å²) in [6.45, 7) is 2.30. The van der Waals surface area contributed by atoms with Crippen molar-refractivity contribution in [3.63, 3.8) is 0 Å². The Morgan fingerprint density at radius 1 is 1.02 bits per heavy atom. The van der Waals surface area contributed by atoms with E-state index in [1.165, 1.54) is 44.6 Å². The summed E-state index contributed by atoms with van der Waals surface area (Å²) in [7, 11) is 2.90. The third-order valence-corrected chi connectivity index (χ3v) is 6.37. The van der Waals surface area contributed by atoms with E-state index < -0.39 is 30.6 Å². The summed E-state index contributed by atoms with van der Waals surface area (Å²) in [5.74, 6) is -1.32. The average Bonchev–Trinajstić information content (AvgIpc) is 3.32. The number of halogens is 3. The fourth-order valence-electron chi connectivity index (χ4n) is 3.69. The highest BCUT2D eigenvalue weighted by Gasteiger charge is 2.31. The van der Waals surface area contributed by atoms with Gasteiger partial charge in [0.25, 0.3) is 5.91 Å². The Balaban J connectivity index is 1.88. The Bertz CT molecular complexity index is 1430. The van der Waals surface area contributed by atoms with E-state index in [4.69, 9.17) is 14.2 Å². The first-order chi connectivity index (χ1) is 19.5. The first-order valence-electron chi connectivity index (χ1n) is 12.3. The highest BCUT2D eigenvalue weighted by atomic mass is 32.1. The number of carbonyl (C=O) groups excluding carboxylic acids is 3. The van der Waals surface area contributed by atoms with Gasteiger partial charge in [-0.05, 0) is 55.3 Å². The number of amides is 2. The summed E-state index contributed by atoms with van der Waals surface area (Å²) in [4.78, 5) is 41.2. The molecule has 220 valence electrons. The van der Waals surface area contributed by atoms with Gasteiger partial charge in [-0.2, -0.15) is 4.99 Å². The number of nitrogens with one attached hydrogen (secondary N) is 1. The molecular formula is C27H28F3N3O7S. The van der Waals surface area contributed by atoms with Crippen molar-refractivity contribution in [2.45, 2.75) is 32.7 Å². The van der Waals surface area contributed by atoms with Crippen LogP contribution in [0.5, 0.6) is 17.2 Å². The second kappa shape index (κ2) is 14.3. The molecule has 0 bridgehead atoms. The maximum absolute atomic E-state index is 13.1. The summed E-state index contributed by atoms with van der Waals surface area (Å²) in [6.07, 6.45) is -4.84. The van der Waals surface area contributed by atoms with E-state index in [0.717, 1.165) is 11.3 Å². The molecular weight excluding hydrogens is 567 g/mol. The van der Waals surface area contributed by atoms with Crippen molar-refractivity contribution in [2.75, 3.05) is 27.4 Å². The fraction of sp³-hybridized carbons (Fsp3) is 0.333. The molecule has 0 aliphatic heterocycles. The maximum atomic E-state index is 13.1. The molecule has 0 atom stereocenters. The average molecular weight is 596 g/mol. The van der Waals surface area contributed by atoms with Crippen LogP contribution in [0.3, 0.4) is 0 Å². The number of rotatable bonds is 12. The minimum Gasteiger partial charge on any atom is -0.497 e. The van der Waals surface area contributed by atoms with Crippen LogP contribution in [0.1, 0.15) is 30.1 Å². The van der Waals surface area contributed by atoms with Crippen LogP contribution in [0.25, 0.3) is 11.3 Å². The van der Waals surface area contributed by atoms with Crippen LogP contribution >= 0.6 is 11.3 Å². The molecule has 0 fully saturated rings. The third-order valence-electron chi connectivity index (χ3n) is 5.51. The van der Waals surface area contributed by atoms with Gasteiger partial charge in [0.15, 0.2) is 4.80 Å². The molecule has 1 N–H and O–H groups in total. The molecule has 0 saturated heterocycles. The second-order valence-electron chi connectivity index (χ2n) is 8.30. The number of thiazole rings is 1. The summed E-state index contributed by atoms with van der Waals surface area (Å²) in [5, 5.41) is 4.35. The zero-order valence-electron chi connectivity index (χ0n) is 22.4. The molecule has 1 heterocycles. The molecule has 0 aliphatic carbocycles. The Morgan fingerprint density at radius 2 is 1.73 bits per heavy atom. The van der Waals surface area contributed by atoms with Crippen LogP contribution in [0.2, 0.25) is 0 Å². The monoisotopic (exact) mass is 595 g/mol. The fourth-order valence-corrected chi connectivity index (χ4v) is 4.62. The predicted octanol–water partition coefficient (Wildman–Crippen LogP) is 4.33. The molecule has 0 unspecified atom stereocenters. The largest absolute Gasteiger partial charge is 0.573 e. The van der Waals surface area contributed by atoms with Gasteiger partial charge in [-0.25, -0.2) is 0 Å². The Labute approximate surface area is 237 Å². The molecule has 0 saturated carbocycles. The molecule has 1 aromatic heterocycles. The molecule has 14 heteroatoms. The number of hydrogen-bond acceptors (Lipinski definition) is 8. The Morgan fingerprint density at radius 3 is 2.37 bits per heavy atom. The molecule has 3 rings (SSSR count). The summed E-state index contributed by atoms with van der Waals surface area (Å²) in [6, 6.07) is 9.97. The SMILES string of the molecule is CCOC(=O)CC(=O)NCCCn1c(-c2ccc(OC(F)(F)F)cc2)cs/c1=N\C(=O)c1ccc(OC)cc1OC. The number of ether oxygens (including phenoxy) is 4. The minimum absolute atomic E-state index is 0.167. The van der Waals surface area contributed by atoms with Crippen molar-refractivity contribution in [1.29, 1.82) is 0 Å². The van der Waals surface area contributed by atoms with E-state index in [9.17, 15) is 27.6 Å².